The molecule has 2 aliphatic heterocycles. The molecule has 2 aliphatic rings. The summed E-state index contributed by atoms with van der Waals surface area (Å²) >= 11 is 1.17. The van der Waals surface area contributed by atoms with Gasteiger partial charge in [0.05, 0.1) is 12.8 Å². The number of anilines is 3. The largest absolute Gasteiger partial charge is 0.497 e. The number of nitrogens with one attached hydrogen (secondary N) is 2. The van der Waals surface area contributed by atoms with Crippen molar-refractivity contribution in [1.82, 2.24) is 0 Å². The first-order chi connectivity index (χ1) is 20.4. The highest BCUT2D eigenvalue weighted by Gasteiger charge is 2.40. The molecule has 0 aromatic heterocycles. The number of carbonyl (C=O) groups excluding carboxylic acids is 3. The highest BCUT2D eigenvalue weighted by Crippen LogP contribution is 2.39. The number of thioether (sulfide) groups is 1. The van der Waals surface area contributed by atoms with Crippen LogP contribution in [-0.2, 0) is 9.59 Å². The molecule has 0 saturated carbocycles. The van der Waals surface area contributed by atoms with Crippen molar-refractivity contribution in [2.75, 3.05) is 29.4 Å². The lowest BCUT2D eigenvalue weighted by atomic mass is 10.2. The van der Waals surface area contributed by atoms with Crippen molar-refractivity contribution in [3.63, 3.8) is 0 Å². The smallest absolute Gasteiger partial charge is 0.283 e. The number of benzene rings is 4. The second-order valence-corrected chi connectivity index (χ2v) is 10.6. The van der Waals surface area contributed by atoms with Gasteiger partial charge >= 0.3 is 0 Å². The summed E-state index contributed by atoms with van der Waals surface area (Å²) in [6, 6.07) is 26.3. The zero-order valence-electron chi connectivity index (χ0n) is 22.7. The molecule has 4 aromatic carbocycles. The summed E-state index contributed by atoms with van der Waals surface area (Å²) < 4.78 is 15.9. The lowest BCUT2D eigenvalue weighted by molar-refractivity contribution is -0.120. The highest BCUT2D eigenvalue weighted by molar-refractivity contribution is 8.04. The Kier molecular flexibility index (Phi) is 7.28. The summed E-state index contributed by atoms with van der Waals surface area (Å²) in [6.07, 6.45) is 0. The molecule has 42 heavy (non-hydrogen) atoms. The maximum Gasteiger partial charge on any atom is 0.283 e. The quantitative estimate of drug-likeness (QED) is 0.246. The van der Waals surface area contributed by atoms with Crippen molar-refractivity contribution in [3.05, 3.63) is 113 Å². The number of fused-ring (bicyclic) bond motifs is 1. The molecule has 6 rings (SSSR count). The molecule has 0 saturated heterocycles. The minimum atomic E-state index is -0.458. The van der Waals surface area contributed by atoms with Gasteiger partial charge in [-0.05, 0) is 85.8 Å². The molecule has 210 valence electrons. The van der Waals surface area contributed by atoms with Crippen molar-refractivity contribution >= 4 is 46.5 Å². The Morgan fingerprint density at radius 1 is 0.833 bits per heavy atom. The SMILES string of the molecule is COc1ccc(N2C(=O)C(Nc3ccc(C)cc3)=C(Sc3ccc(NC(=O)c4ccc5c(c4)OCO5)cc3)C2=O)cc1. The van der Waals surface area contributed by atoms with Crippen LogP contribution in [0.15, 0.2) is 106 Å². The summed E-state index contributed by atoms with van der Waals surface area (Å²) in [5.74, 6) is 0.545. The Balaban J connectivity index is 1.23. The minimum Gasteiger partial charge on any atom is -0.497 e. The Morgan fingerprint density at radius 3 is 2.24 bits per heavy atom. The fraction of sp³-hybridized carbons (Fsp3) is 0.0938. The Hall–Kier alpha value is -5.22. The van der Waals surface area contributed by atoms with Crippen LogP contribution >= 0.6 is 11.8 Å². The average molecular weight is 580 g/mol. The number of carbonyl (C=O) groups is 3. The first-order valence-corrected chi connectivity index (χ1v) is 13.8. The van der Waals surface area contributed by atoms with E-state index < -0.39 is 11.8 Å². The third-order valence-corrected chi connectivity index (χ3v) is 7.75. The standard InChI is InChI=1S/C32H25N3O6S/c1-19-3-6-21(7-4-19)33-28-29(32(38)35(31(28)37)23-10-12-24(39-2)13-11-23)42-25-14-8-22(9-15-25)34-30(36)20-5-16-26-27(17-20)41-18-40-26/h3-17,33H,18H2,1-2H3,(H,34,36). The van der Waals surface area contributed by atoms with Crippen molar-refractivity contribution in [1.29, 1.82) is 0 Å². The van der Waals surface area contributed by atoms with E-state index in [9.17, 15) is 14.4 Å². The van der Waals surface area contributed by atoms with Gasteiger partial charge in [0.15, 0.2) is 11.5 Å². The van der Waals surface area contributed by atoms with Crippen molar-refractivity contribution in [2.45, 2.75) is 11.8 Å². The molecule has 0 radical (unpaired) electrons. The summed E-state index contributed by atoms with van der Waals surface area (Å²) in [7, 11) is 1.55. The lowest BCUT2D eigenvalue weighted by Gasteiger charge is -2.15. The molecule has 0 unspecified atom stereocenters. The van der Waals surface area contributed by atoms with Gasteiger partial charge in [0, 0.05) is 21.8 Å². The van der Waals surface area contributed by atoms with E-state index in [0.717, 1.165) is 10.5 Å². The molecule has 0 fully saturated rings. The van der Waals surface area contributed by atoms with E-state index in [4.69, 9.17) is 14.2 Å². The van der Waals surface area contributed by atoms with Crippen LogP contribution in [0.5, 0.6) is 17.2 Å². The first kappa shape index (κ1) is 27.0. The molecule has 0 atom stereocenters. The fourth-order valence-electron chi connectivity index (χ4n) is 4.43. The molecule has 0 spiro atoms. The van der Waals surface area contributed by atoms with E-state index in [-0.39, 0.29) is 23.3 Å². The van der Waals surface area contributed by atoms with Crippen LogP contribution in [-0.4, -0.2) is 31.6 Å². The van der Waals surface area contributed by atoms with Gasteiger partial charge in [-0.1, -0.05) is 29.5 Å². The molecular weight excluding hydrogens is 554 g/mol. The summed E-state index contributed by atoms with van der Waals surface area (Å²) in [5, 5.41) is 6.02. The van der Waals surface area contributed by atoms with Gasteiger partial charge in [-0.15, -0.1) is 0 Å². The molecule has 2 N–H and O–H groups in total. The Labute approximate surface area is 246 Å². The van der Waals surface area contributed by atoms with Gasteiger partial charge in [-0.25, -0.2) is 4.90 Å². The molecule has 0 bridgehead atoms. The molecule has 4 aromatic rings. The number of amides is 3. The molecular formula is C32H25N3O6S. The van der Waals surface area contributed by atoms with Crippen molar-refractivity contribution in [3.8, 4) is 17.2 Å². The number of hydrogen-bond acceptors (Lipinski definition) is 8. The van der Waals surface area contributed by atoms with E-state index in [1.54, 1.807) is 73.8 Å². The van der Waals surface area contributed by atoms with Crippen molar-refractivity contribution in [2.24, 2.45) is 0 Å². The van der Waals surface area contributed by atoms with Crippen LogP contribution in [0, 0.1) is 6.92 Å². The van der Waals surface area contributed by atoms with Crippen LogP contribution in [0.4, 0.5) is 17.1 Å². The number of imide groups is 1. The van der Waals surface area contributed by atoms with Crippen molar-refractivity contribution < 1.29 is 28.6 Å². The maximum atomic E-state index is 13.7. The number of ether oxygens (including phenoxy) is 3. The van der Waals surface area contributed by atoms with Gasteiger partial charge in [-0.3, -0.25) is 14.4 Å². The highest BCUT2D eigenvalue weighted by atomic mass is 32.2. The number of hydrogen-bond donors (Lipinski definition) is 2. The second-order valence-electron chi connectivity index (χ2n) is 9.49. The zero-order chi connectivity index (χ0) is 29.2. The lowest BCUT2D eigenvalue weighted by Crippen LogP contribution is -2.32. The monoisotopic (exact) mass is 579 g/mol. The fourth-order valence-corrected chi connectivity index (χ4v) is 5.35. The maximum absolute atomic E-state index is 13.7. The third-order valence-electron chi connectivity index (χ3n) is 6.66. The van der Waals surface area contributed by atoms with E-state index in [1.807, 2.05) is 31.2 Å². The van der Waals surface area contributed by atoms with E-state index in [0.29, 0.717) is 44.8 Å². The van der Waals surface area contributed by atoms with Crippen LogP contribution in [0.1, 0.15) is 15.9 Å². The van der Waals surface area contributed by atoms with E-state index >= 15 is 0 Å². The molecule has 10 heteroatoms. The number of nitrogens with zero attached hydrogens (tertiary/aromatic N) is 1. The Bertz CT molecular complexity index is 1720. The van der Waals surface area contributed by atoms with Gasteiger partial charge in [0.2, 0.25) is 6.79 Å². The van der Waals surface area contributed by atoms with E-state index in [2.05, 4.69) is 10.6 Å². The van der Waals surface area contributed by atoms with Crippen LogP contribution in [0.2, 0.25) is 0 Å². The van der Waals surface area contributed by atoms with Gasteiger partial charge in [0.25, 0.3) is 17.7 Å². The number of rotatable bonds is 8. The van der Waals surface area contributed by atoms with E-state index in [1.165, 1.54) is 11.8 Å². The van der Waals surface area contributed by atoms with Crippen LogP contribution < -0.4 is 29.7 Å². The second kappa shape index (κ2) is 11.3. The zero-order valence-corrected chi connectivity index (χ0v) is 23.5. The topological polar surface area (TPSA) is 106 Å². The number of methoxy groups -OCH3 is 1. The minimum absolute atomic E-state index is 0.129. The molecule has 3 amide bonds. The molecule has 9 nitrogen and oxygen atoms in total. The first-order valence-electron chi connectivity index (χ1n) is 13.0. The average Bonchev–Trinajstić information content (AvgIpc) is 3.57. The van der Waals surface area contributed by atoms with Crippen LogP contribution in [0.3, 0.4) is 0 Å². The van der Waals surface area contributed by atoms with Crippen LogP contribution in [0.25, 0.3) is 0 Å². The Morgan fingerprint density at radius 2 is 1.52 bits per heavy atom. The van der Waals surface area contributed by atoms with Gasteiger partial charge in [0.1, 0.15) is 16.4 Å². The van der Waals surface area contributed by atoms with Gasteiger partial charge < -0.3 is 24.8 Å². The normalized spacial score (nSPS) is 13.9. The summed E-state index contributed by atoms with van der Waals surface area (Å²) in [5.41, 5.74) is 3.39. The molecule has 2 heterocycles. The molecule has 0 aliphatic carbocycles. The summed E-state index contributed by atoms with van der Waals surface area (Å²) in [6.45, 7) is 2.10. The van der Waals surface area contributed by atoms with Gasteiger partial charge in [-0.2, -0.15) is 0 Å². The third kappa shape index (κ3) is 5.39. The summed E-state index contributed by atoms with van der Waals surface area (Å²) in [4.78, 5) is 42.2. The number of aryl methyl sites for hydroxylation is 1. The predicted molar refractivity (Wildman–Crippen MR) is 160 cm³/mol. The predicted octanol–water partition coefficient (Wildman–Crippen LogP) is 5.97.